The lowest BCUT2D eigenvalue weighted by molar-refractivity contribution is 0.247. The number of rotatable bonds is 4. The number of amides is 1. The summed E-state index contributed by atoms with van der Waals surface area (Å²) in [5, 5.41) is 0. The standard InChI is InChI=1S/C15H18BN3O/c1-15(2,19-18-14(16)20)12-8-6-11(7-9-12)13-5-3-4-10-17-13/h3-10,19H,16H2,1-2H3,(H,18,20). The summed E-state index contributed by atoms with van der Waals surface area (Å²) < 4.78 is 0. The lowest BCUT2D eigenvalue weighted by Gasteiger charge is -2.27. The molecule has 0 spiro atoms. The van der Waals surface area contributed by atoms with Gasteiger partial charge in [0.05, 0.1) is 11.2 Å². The van der Waals surface area contributed by atoms with E-state index in [0.29, 0.717) is 0 Å². The molecule has 2 rings (SSSR count). The Morgan fingerprint density at radius 2 is 1.85 bits per heavy atom. The monoisotopic (exact) mass is 267 g/mol. The maximum Gasteiger partial charge on any atom is 0.217 e. The number of nitrogens with zero attached hydrogens (tertiary/aromatic N) is 1. The first-order valence-electron chi connectivity index (χ1n) is 6.55. The molecule has 0 radical (unpaired) electrons. The van der Waals surface area contributed by atoms with Crippen molar-refractivity contribution in [2.24, 2.45) is 0 Å². The van der Waals surface area contributed by atoms with Crippen LogP contribution >= 0.6 is 0 Å². The van der Waals surface area contributed by atoms with Gasteiger partial charge in [0.25, 0.3) is 0 Å². The van der Waals surface area contributed by atoms with Crippen molar-refractivity contribution in [3.8, 4) is 11.3 Å². The van der Waals surface area contributed by atoms with Crippen LogP contribution in [0, 0.1) is 0 Å². The van der Waals surface area contributed by atoms with Crippen LogP contribution in [0.4, 0.5) is 4.79 Å². The molecule has 102 valence electrons. The van der Waals surface area contributed by atoms with Crippen LogP contribution in [0.5, 0.6) is 0 Å². The van der Waals surface area contributed by atoms with Crippen molar-refractivity contribution < 1.29 is 4.79 Å². The molecule has 0 aliphatic carbocycles. The number of benzene rings is 1. The van der Waals surface area contributed by atoms with E-state index >= 15 is 0 Å². The summed E-state index contributed by atoms with van der Waals surface area (Å²) in [4.78, 5) is 15.3. The van der Waals surface area contributed by atoms with Crippen LogP contribution < -0.4 is 10.9 Å². The summed E-state index contributed by atoms with van der Waals surface area (Å²) in [6.07, 6.45) is 1.78. The molecule has 0 atom stereocenters. The third-order valence-electron chi connectivity index (χ3n) is 3.12. The first kappa shape index (κ1) is 14.3. The van der Waals surface area contributed by atoms with Gasteiger partial charge in [0.15, 0.2) is 5.81 Å². The van der Waals surface area contributed by atoms with Gasteiger partial charge in [-0.25, -0.2) is 5.43 Å². The highest BCUT2D eigenvalue weighted by Gasteiger charge is 2.20. The summed E-state index contributed by atoms with van der Waals surface area (Å²) in [6.45, 7) is 4.03. The number of carbonyl (C=O) groups is 1. The third kappa shape index (κ3) is 3.45. The second-order valence-corrected chi connectivity index (χ2v) is 5.22. The van der Waals surface area contributed by atoms with Gasteiger partial charge in [-0.1, -0.05) is 30.3 Å². The molecule has 2 aromatic rings. The molecular formula is C15H18BN3O. The number of hydrazine groups is 1. The first-order chi connectivity index (χ1) is 9.49. The highest BCUT2D eigenvalue weighted by Crippen LogP contribution is 2.23. The van der Waals surface area contributed by atoms with Gasteiger partial charge in [0.2, 0.25) is 7.85 Å². The Morgan fingerprint density at radius 1 is 1.15 bits per heavy atom. The van der Waals surface area contributed by atoms with E-state index in [9.17, 15) is 4.79 Å². The van der Waals surface area contributed by atoms with Crippen molar-refractivity contribution in [1.82, 2.24) is 15.8 Å². The van der Waals surface area contributed by atoms with E-state index < -0.39 is 0 Å². The predicted octanol–water partition coefficient (Wildman–Crippen LogP) is 1.83. The number of pyridine rings is 1. The van der Waals surface area contributed by atoms with Crippen LogP contribution in [0.3, 0.4) is 0 Å². The molecule has 0 aliphatic rings. The Labute approximate surface area is 120 Å². The molecule has 5 heteroatoms. The summed E-state index contributed by atoms with van der Waals surface area (Å²) in [7, 11) is 1.48. The number of nitrogens with one attached hydrogen (secondary N) is 2. The van der Waals surface area contributed by atoms with Gasteiger partial charge in [-0.05, 0) is 31.5 Å². The zero-order valence-corrected chi connectivity index (χ0v) is 12.0. The summed E-state index contributed by atoms with van der Waals surface area (Å²) in [6, 6.07) is 14.0. The van der Waals surface area contributed by atoms with E-state index in [1.165, 1.54) is 7.85 Å². The third-order valence-corrected chi connectivity index (χ3v) is 3.12. The van der Waals surface area contributed by atoms with Crippen LogP contribution in [-0.2, 0) is 5.54 Å². The Kier molecular flexibility index (Phi) is 4.20. The maximum atomic E-state index is 11.0. The molecule has 0 aliphatic heterocycles. The van der Waals surface area contributed by atoms with Gasteiger partial charge in [-0.2, -0.15) is 0 Å². The van der Waals surface area contributed by atoms with E-state index in [-0.39, 0.29) is 11.3 Å². The van der Waals surface area contributed by atoms with Gasteiger partial charge >= 0.3 is 0 Å². The molecular weight excluding hydrogens is 249 g/mol. The minimum atomic E-state index is -0.339. The number of aromatic nitrogens is 1. The molecule has 4 nitrogen and oxygen atoms in total. The Bertz CT molecular complexity index is 582. The molecule has 1 heterocycles. The SMILES string of the molecule is BC(=O)NNC(C)(C)c1ccc(-c2ccccn2)cc1. The number of hydrogen-bond acceptors (Lipinski definition) is 3. The average Bonchev–Trinajstić information content (AvgIpc) is 2.46. The van der Waals surface area contributed by atoms with Gasteiger partial charge in [0, 0.05) is 11.8 Å². The molecule has 20 heavy (non-hydrogen) atoms. The summed E-state index contributed by atoms with van der Waals surface area (Å²) >= 11 is 0. The van der Waals surface area contributed by atoms with Crippen LogP contribution in [0.25, 0.3) is 11.3 Å². The molecule has 0 saturated heterocycles. The molecule has 0 bridgehead atoms. The zero-order chi connectivity index (χ0) is 14.6. The number of hydrogen-bond donors (Lipinski definition) is 2. The van der Waals surface area contributed by atoms with Gasteiger partial charge in [-0.3, -0.25) is 9.78 Å². The molecule has 0 saturated carbocycles. The van der Waals surface area contributed by atoms with Crippen LogP contribution in [0.1, 0.15) is 19.4 Å². The van der Waals surface area contributed by atoms with Gasteiger partial charge in [-0.15, -0.1) is 0 Å². The summed E-state index contributed by atoms with van der Waals surface area (Å²) in [5.41, 5.74) is 8.42. The van der Waals surface area contributed by atoms with Gasteiger partial charge < -0.3 is 5.43 Å². The average molecular weight is 267 g/mol. The van der Waals surface area contributed by atoms with Crippen molar-refractivity contribution in [3.05, 3.63) is 54.2 Å². The van der Waals surface area contributed by atoms with E-state index in [4.69, 9.17) is 0 Å². The van der Waals surface area contributed by atoms with Crippen molar-refractivity contribution in [3.63, 3.8) is 0 Å². The number of carbonyl (C=O) groups excluding carboxylic acids is 1. The fourth-order valence-electron chi connectivity index (χ4n) is 1.91. The van der Waals surface area contributed by atoms with Crippen LogP contribution in [-0.4, -0.2) is 18.6 Å². The van der Waals surface area contributed by atoms with Crippen molar-refractivity contribution in [2.75, 3.05) is 0 Å². The molecule has 1 aromatic heterocycles. The fourth-order valence-corrected chi connectivity index (χ4v) is 1.91. The first-order valence-corrected chi connectivity index (χ1v) is 6.55. The van der Waals surface area contributed by atoms with Crippen LogP contribution in [0.15, 0.2) is 48.7 Å². The van der Waals surface area contributed by atoms with Crippen molar-refractivity contribution in [2.45, 2.75) is 19.4 Å². The normalized spacial score (nSPS) is 11.1. The minimum absolute atomic E-state index is 0.108. The smallest absolute Gasteiger partial charge is 0.217 e. The van der Waals surface area contributed by atoms with Crippen LogP contribution in [0.2, 0.25) is 0 Å². The molecule has 0 unspecified atom stereocenters. The highest BCUT2D eigenvalue weighted by molar-refractivity contribution is 6.56. The molecule has 0 fully saturated rings. The van der Waals surface area contributed by atoms with Crippen molar-refractivity contribution in [1.29, 1.82) is 0 Å². The largest absolute Gasteiger partial charge is 0.300 e. The van der Waals surface area contributed by atoms with E-state index in [1.807, 2.05) is 56.3 Å². The molecule has 1 amide bonds. The lowest BCUT2D eigenvalue weighted by Crippen LogP contribution is -2.48. The van der Waals surface area contributed by atoms with E-state index in [2.05, 4.69) is 15.8 Å². The second kappa shape index (κ2) is 5.88. The maximum absolute atomic E-state index is 11.0. The lowest BCUT2D eigenvalue weighted by atomic mass is 9.93. The quantitative estimate of drug-likeness (QED) is 0.656. The highest BCUT2D eigenvalue weighted by atomic mass is 16.1. The van der Waals surface area contributed by atoms with E-state index in [1.54, 1.807) is 6.20 Å². The molecule has 2 N–H and O–H groups in total. The fraction of sp³-hybridized carbons (Fsp3) is 0.200. The van der Waals surface area contributed by atoms with Crippen molar-refractivity contribution >= 4 is 13.7 Å². The minimum Gasteiger partial charge on any atom is -0.300 e. The Balaban J connectivity index is 2.17. The molecule has 1 aromatic carbocycles. The Hall–Kier alpha value is -2.14. The predicted molar refractivity (Wildman–Crippen MR) is 82.9 cm³/mol. The second-order valence-electron chi connectivity index (χ2n) is 5.22. The van der Waals surface area contributed by atoms with E-state index in [0.717, 1.165) is 16.8 Å². The van der Waals surface area contributed by atoms with Gasteiger partial charge in [0.1, 0.15) is 0 Å². The Morgan fingerprint density at radius 3 is 2.40 bits per heavy atom. The summed E-state index contributed by atoms with van der Waals surface area (Å²) in [5.74, 6) is -0.108. The zero-order valence-electron chi connectivity index (χ0n) is 12.0. The topological polar surface area (TPSA) is 54.0 Å².